The zero-order valence-corrected chi connectivity index (χ0v) is 8.65. The normalized spacial score (nSPS) is 12.5. The number of aromatic nitrogens is 2. The molecule has 0 aromatic carbocycles. The van der Waals surface area contributed by atoms with Crippen LogP contribution in [0.4, 0.5) is 5.82 Å². The van der Waals surface area contributed by atoms with Crippen LogP contribution in [0, 0.1) is 5.92 Å². The van der Waals surface area contributed by atoms with Crippen LogP contribution in [0.25, 0.3) is 0 Å². The molecule has 1 atom stereocenters. The van der Waals surface area contributed by atoms with Crippen molar-refractivity contribution in [3.8, 4) is 0 Å². The van der Waals surface area contributed by atoms with Gasteiger partial charge in [0.1, 0.15) is 0 Å². The van der Waals surface area contributed by atoms with E-state index in [4.69, 9.17) is 5.73 Å². The molecule has 1 aromatic heterocycles. The van der Waals surface area contributed by atoms with Crippen molar-refractivity contribution in [1.82, 2.24) is 9.97 Å². The van der Waals surface area contributed by atoms with Gasteiger partial charge < -0.3 is 16.0 Å². The third kappa shape index (κ3) is 2.88. The molecule has 1 amide bonds. The van der Waals surface area contributed by atoms with Gasteiger partial charge in [-0.15, -0.1) is 0 Å². The molecule has 0 aliphatic rings. The second kappa shape index (κ2) is 4.70. The fourth-order valence-electron chi connectivity index (χ4n) is 0.944. The minimum absolute atomic E-state index is 0.00722. The lowest BCUT2D eigenvalue weighted by Crippen LogP contribution is -2.41. The van der Waals surface area contributed by atoms with Gasteiger partial charge in [0.05, 0.1) is 6.04 Å². The highest BCUT2D eigenvalue weighted by Crippen LogP contribution is 2.00. The molecule has 0 aliphatic carbocycles. The first kappa shape index (κ1) is 11.4. The number of hydrogen-bond donors (Lipinski definition) is 3. The van der Waals surface area contributed by atoms with E-state index in [-0.39, 0.29) is 11.7 Å². The number of nitrogens with one attached hydrogen (secondary N) is 2. The number of nitrogens with two attached hydrogens (primary N) is 1. The average molecular weight is 210 g/mol. The van der Waals surface area contributed by atoms with Crippen LogP contribution in [0.5, 0.6) is 0 Å². The molecule has 1 rings (SSSR count). The zero-order chi connectivity index (χ0) is 11.4. The minimum atomic E-state index is -0.647. The van der Waals surface area contributed by atoms with Crippen LogP contribution in [0.15, 0.2) is 17.2 Å². The Balaban J connectivity index is 2.75. The third-order valence-electron chi connectivity index (χ3n) is 1.97. The first-order valence-corrected chi connectivity index (χ1v) is 4.62. The van der Waals surface area contributed by atoms with E-state index in [1.54, 1.807) is 0 Å². The summed E-state index contributed by atoms with van der Waals surface area (Å²) in [4.78, 5) is 28.8. The van der Waals surface area contributed by atoms with E-state index < -0.39 is 17.5 Å². The maximum atomic E-state index is 11.5. The van der Waals surface area contributed by atoms with Gasteiger partial charge >= 0.3 is 0 Å². The predicted molar refractivity (Wildman–Crippen MR) is 56.3 cm³/mol. The van der Waals surface area contributed by atoms with Gasteiger partial charge in [0, 0.05) is 12.4 Å². The molecule has 1 unspecified atom stereocenters. The van der Waals surface area contributed by atoms with E-state index in [1.165, 1.54) is 12.4 Å². The largest absolute Gasteiger partial charge is 0.324 e. The van der Waals surface area contributed by atoms with Crippen LogP contribution in [0.2, 0.25) is 0 Å². The second-order valence-electron chi connectivity index (χ2n) is 3.53. The second-order valence-corrected chi connectivity index (χ2v) is 3.53. The van der Waals surface area contributed by atoms with Crippen molar-refractivity contribution >= 4 is 11.7 Å². The van der Waals surface area contributed by atoms with Crippen molar-refractivity contribution in [3.63, 3.8) is 0 Å². The molecule has 1 heterocycles. The minimum Gasteiger partial charge on any atom is -0.324 e. The smallest absolute Gasteiger partial charge is 0.291 e. The van der Waals surface area contributed by atoms with Gasteiger partial charge in [-0.05, 0) is 5.92 Å². The molecule has 0 aliphatic heterocycles. The number of carbonyl (C=O) groups excluding carboxylic acids is 1. The maximum Gasteiger partial charge on any atom is 0.291 e. The summed E-state index contributed by atoms with van der Waals surface area (Å²) < 4.78 is 0. The summed E-state index contributed by atoms with van der Waals surface area (Å²) in [6.45, 7) is 3.65. The van der Waals surface area contributed by atoms with Crippen LogP contribution in [0.1, 0.15) is 13.8 Å². The SMILES string of the molecule is CC(C)C(N)C(=O)Nc1ncc[nH]c1=O. The average Bonchev–Trinajstić information content (AvgIpc) is 2.20. The summed E-state index contributed by atoms with van der Waals surface area (Å²) in [6, 6.07) is -0.647. The Labute approximate surface area is 86.9 Å². The summed E-state index contributed by atoms with van der Waals surface area (Å²) in [5.41, 5.74) is 5.16. The zero-order valence-electron chi connectivity index (χ0n) is 8.65. The van der Waals surface area contributed by atoms with Crippen LogP contribution >= 0.6 is 0 Å². The van der Waals surface area contributed by atoms with Crippen molar-refractivity contribution in [3.05, 3.63) is 22.7 Å². The summed E-state index contributed by atoms with van der Waals surface area (Å²) in [5, 5.41) is 2.37. The molecule has 0 spiro atoms. The van der Waals surface area contributed by atoms with Gasteiger partial charge in [-0.25, -0.2) is 4.98 Å². The van der Waals surface area contributed by atoms with Crippen molar-refractivity contribution < 1.29 is 4.79 Å². The summed E-state index contributed by atoms with van der Waals surface area (Å²) >= 11 is 0. The van der Waals surface area contributed by atoms with E-state index in [2.05, 4.69) is 15.3 Å². The fraction of sp³-hybridized carbons (Fsp3) is 0.444. The molecule has 6 heteroatoms. The first-order chi connectivity index (χ1) is 7.02. The van der Waals surface area contributed by atoms with Crippen LogP contribution < -0.4 is 16.6 Å². The standard InChI is InChI=1S/C9H14N4O2/c1-5(2)6(10)8(14)13-7-9(15)12-4-3-11-7/h3-6H,10H2,1-2H3,(H,12,15)(H,11,13,14). The number of anilines is 1. The highest BCUT2D eigenvalue weighted by molar-refractivity contribution is 5.93. The maximum absolute atomic E-state index is 11.5. The van der Waals surface area contributed by atoms with Crippen molar-refractivity contribution in [2.75, 3.05) is 5.32 Å². The Kier molecular flexibility index (Phi) is 3.56. The Morgan fingerprint density at radius 2 is 2.27 bits per heavy atom. The van der Waals surface area contributed by atoms with E-state index >= 15 is 0 Å². The number of hydrogen-bond acceptors (Lipinski definition) is 4. The number of H-pyrrole nitrogens is 1. The first-order valence-electron chi connectivity index (χ1n) is 4.62. The van der Waals surface area contributed by atoms with Gasteiger partial charge in [0.2, 0.25) is 5.91 Å². The van der Waals surface area contributed by atoms with Gasteiger partial charge in [-0.1, -0.05) is 13.8 Å². The number of amides is 1. The lowest BCUT2D eigenvalue weighted by molar-refractivity contribution is -0.118. The number of rotatable bonds is 3. The molecule has 0 bridgehead atoms. The summed E-state index contributed by atoms with van der Waals surface area (Å²) in [6.07, 6.45) is 2.78. The van der Waals surface area contributed by atoms with E-state index in [1.807, 2.05) is 13.8 Å². The Bertz CT molecular complexity index is 399. The topological polar surface area (TPSA) is 101 Å². The Morgan fingerprint density at radius 3 is 2.80 bits per heavy atom. The molecule has 0 fully saturated rings. The predicted octanol–water partition coefficient (Wildman–Crippen LogP) is -0.308. The molecular formula is C9H14N4O2. The van der Waals surface area contributed by atoms with Gasteiger partial charge in [0.15, 0.2) is 5.82 Å². The molecule has 0 saturated heterocycles. The lowest BCUT2D eigenvalue weighted by Gasteiger charge is -2.14. The van der Waals surface area contributed by atoms with E-state index in [9.17, 15) is 9.59 Å². The Hall–Kier alpha value is -1.69. The van der Waals surface area contributed by atoms with Crippen LogP contribution in [-0.4, -0.2) is 21.9 Å². The molecule has 6 nitrogen and oxygen atoms in total. The number of carbonyl (C=O) groups is 1. The van der Waals surface area contributed by atoms with Crippen molar-refractivity contribution in [1.29, 1.82) is 0 Å². The van der Waals surface area contributed by atoms with Gasteiger partial charge in [-0.3, -0.25) is 9.59 Å². The highest BCUT2D eigenvalue weighted by Gasteiger charge is 2.18. The van der Waals surface area contributed by atoms with Crippen LogP contribution in [0.3, 0.4) is 0 Å². The van der Waals surface area contributed by atoms with Crippen molar-refractivity contribution in [2.45, 2.75) is 19.9 Å². The molecule has 4 N–H and O–H groups in total. The molecule has 1 aromatic rings. The van der Waals surface area contributed by atoms with Gasteiger partial charge in [-0.2, -0.15) is 0 Å². The summed E-state index contributed by atoms with van der Waals surface area (Å²) in [5.74, 6) is -0.430. The quantitative estimate of drug-likeness (QED) is 0.637. The number of nitrogens with zero attached hydrogens (tertiary/aromatic N) is 1. The molecule has 82 valence electrons. The van der Waals surface area contributed by atoms with Crippen molar-refractivity contribution in [2.24, 2.45) is 11.7 Å². The number of aromatic amines is 1. The lowest BCUT2D eigenvalue weighted by atomic mass is 10.1. The molecule has 0 saturated carbocycles. The van der Waals surface area contributed by atoms with Crippen LogP contribution in [-0.2, 0) is 4.79 Å². The third-order valence-corrected chi connectivity index (χ3v) is 1.97. The Morgan fingerprint density at radius 1 is 1.60 bits per heavy atom. The molecule has 15 heavy (non-hydrogen) atoms. The monoisotopic (exact) mass is 210 g/mol. The fourth-order valence-corrected chi connectivity index (χ4v) is 0.944. The summed E-state index contributed by atoms with van der Waals surface area (Å²) in [7, 11) is 0. The molecular weight excluding hydrogens is 196 g/mol. The van der Waals surface area contributed by atoms with Gasteiger partial charge in [0.25, 0.3) is 5.56 Å². The highest BCUT2D eigenvalue weighted by atomic mass is 16.2. The van der Waals surface area contributed by atoms with E-state index in [0.29, 0.717) is 0 Å². The van der Waals surface area contributed by atoms with E-state index in [0.717, 1.165) is 0 Å². The molecule has 0 radical (unpaired) electrons.